The van der Waals surface area contributed by atoms with Gasteiger partial charge in [-0.15, -0.1) is 0 Å². The van der Waals surface area contributed by atoms with E-state index < -0.39 is 5.25 Å². The highest BCUT2D eigenvalue weighted by Crippen LogP contribution is 2.28. The number of rotatable bonds is 5. The minimum Gasteiger partial charge on any atom is -0.352 e. The first-order valence-electron chi connectivity index (χ1n) is 7.23. The van der Waals surface area contributed by atoms with Crippen molar-refractivity contribution in [2.24, 2.45) is 4.99 Å². The van der Waals surface area contributed by atoms with Gasteiger partial charge in [-0.3, -0.25) is 9.59 Å². The largest absolute Gasteiger partial charge is 0.352 e. The van der Waals surface area contributed by atoms with E-state index in [0.717, 1.165) is 13.1 Å². The van der Waals surface area contributed by atoms with Crippen molar-refractivity contribution in [2.45, 2.75) is 25.5 Å². The predicted molar refractivity (Wildman–Crippen MR) is 96.5 cm³/mol. The Morgan fingerprint density at radius 2 is 1.87 bits per heavy atom. The van der Waals surface area contributed by atoms with Crippen molar-refractivity contribution in [3.8, 4) is 0 Å². The summed E-state index contributed by atoms with van der Waals surface area (Å²) < 4.78 is 0. The molecule has 0 radical (unpaired) electrons. The normalized spacial score (nSPS) is 17.1. The molecule has 2 rings (SSSR count). The lowest BCUT2D eigenvalue weighted by Gasteiger charge is -2.19. The van der Waals surface area contributed by atoms with E-state index >= 15 is 0 Å². The molecule has 23 heavy (non-hydrogen) atoms. The van der Waals surface area contributed by atoms with Gasteiger partial charge in [-0.2, -0.15) is 4.99 Å². The van der Waals surface area contributed by atoms with Crippen molar-refractivity contribution in [1.82, 2.24) is 4.90 Å². The Kier molecular flexibility index (Phi) is 6.33. The van der Waals surface area contributed by atoms with Gasteiger partial charge in [0.05, 0.1) is 0 Å². The molecule has 0 unspecified atom stereocenters. The zero-order chi connectivity index (χ0) is 17.0. The summed E-state index contributed by atoms with van der Waals surface area (Å²) in [6.07, 6.45) is 0.0574. The van der Waals surface area contributed by atoms with E-state index in [-0.39, 0.29) is 18.2 Å². The number of hydrogen-bond donors (Lipinski definition) is 1. The Bertz CT molecular complexity index is 627. The van der Waals surface area contributed by atoms with Gasteiger partial charge in [0.1, 0.15) is 5.25 Å². The maximum atomic E-state index is 12.1. The fraction of sp³-hybridized carbons (Fsp3) is 0.400. The third-order valence-corrected chi connectivity index (χ3v) is 4.93. The lowest BCUT2D eigenvalue weighted by Crippen LogP contribution is -2.27. The first kappa shape index (κ1) is 18.1. The summed E-state index contributed by atoms with van der Waals surface area (Å²) >= 11 is 13.1. The molecule has 0 aromatic heterocycles. The van der Waals surface area contributed by atoms with Crippen LogP contribution in [0.15, 0.2) is 23.2 Å². The lowest BCUT2D eigenvalue weighted by molar-refractivity contribution is -0.121. The Balaban J connectivity index is 1.95. The molecule has 1 heterocycles. The predicted octanol–water partition coefficient (Wildman–Crippen LogP) is 3.66. The van der Waals surface area contributed by atoms with Crippen molar-refractivity contribution in [1.29, 1.82) is 0 Å². The molecule has 0 saturated carbocycles. The summed E-state index contributed by atoms with van der Waals surface area (Å²) in [5.41, 5.74) is 0.507. The molecule has 0 aliphatic carbocycles. The molecular formula is C15H17Cl2N3O2S. The maximum absolute atomic E-state index is 12.1. The van der Waals surface area contributed by atoms with Crippen LogP contribution in [0, 0.1) is 0 Å². The van der Waals surface area contributed by atoms with E-state index in [9.17, 15) is 9.59 Å². The number of amides is 2. The number of nitrogens with one attached hydrogen (secondary N) is 1. The maximum Gasteiger partial charge on any atom is 0.262 e. The number of nitrogens with zero attached hydrogens (tertiary/aromatic N) is 2. The highest BCUT2D eigenvalue weighted by molar-refractivity contribution is 8.15. The van der Waals surface area contributed by atoms with Crippen LogP contribution in [0.4, 0.5) is 5.69 Å². The van der Waals surface area contributed by atoms with Crippen LogP contribution in [0.25, 0.3) is 0 Å². The summed E-state index contributed by atoms with van der Waals surface area (Å²) in [6.45, 7) is 5.55. The van der Waals surface area contributed by atoms with E-state index in [4.69, 9.17) is 23.2 Å². The summed E-state index contributed by atoms with van der Waals surface area (Å²) in [4.78, 5) is 30.1. The monoisotopic (exact) mass is 373 g/mol. The Hall–Kier alpha value is -1.24. The first-order chi connectivity index (χ1) is 10.9. The summed E-state index contributed by atoms with van der Waals surface area (Å²) in [5.74, 6) is -0.540. The second-order valence-electron chi connectivity index (χ2n) is 4.92. The van der Waals surface area contributed by atoms with Gasteiger partial charge in [0, 0.05) is 35.2 Å². The van der Waals surface area contributed by atoms with Gasteiger partial charge in [0.25, 0.3) is 5.91 Å². The smallest absolute Gasteiger partial charge is 0.262 e. The molecule has 0 fully saturated rings. The molecule has 8 heteroatoms. The fourth-order valence-corrected chi connectivity index (χ4v) is 3.86. The van der Waals surface area contributed by atoms with E-state index in [0.29, 0.717) is 20.9 Å². The van der Waals surface area contributed by atoms with E-state index in [1.165, 1.54) is 11.8 Å². The molecule has 1 aromatic carbocycles. The number of aliphatic imine (C=N–C) groups is 1. The van der Waals surface area contributed by atoms with Gasteiger partial charge in [-0.05, 0) is 32.0 Å². The molecule has 1 atom stereocenters. The number of carbonyl (C=O) groups excluding carboxylic acids is 2. The Morgan fingerprint density at radius 3 is 2.43 bits per heavy atom. The molecule has 1 aromatic rings. The van der Waals surface area contributed by atoms with Crippen LogP contribution in [-0.2, 0) is 9.59 Å². The van der Waals surface area contributed by atoms with Crippen LogP contribution in [-0.4, -0.2) is 40.2 Å². The second kappa shape index (κ2) is 8.04. The molecule has 0 saturated heterocycles. The van der Waals surface area contributed by atoms with Crippen LogP contribution >= 0.6 is 35.0 Å². The van der Waals surface area contributed by atoms with Crippen molar-refractivity contribution >= 4 is 57.6 Å². The van der Waals surface area contributed by atoms with Gasteiger partial charge in [0.2, 0.25) is 5.91 Å². The lowest BCUT2D eigenvalue weighted by atomic mass is 10.2. The molecule has 1 aliphatic heterocycles. The zero-order valence-corrected chi connectivity index (χ0v) is 15.1. The average Bonchev–Trinajstić information content (AvgIpc) is 2.80. The minimum atomic E-state index is -0.486. The number of amidine groups is 1. The Morgan fingerprint density at radius 1 is 1.26 bits per heavy atom. The van der Waals surface area contributed by atoms with Gasteiger partial charge < -0.3 is 10.2 Å². The number of benzene rings is 1. The number of carbonyl (C=O) groups is 2. The topological polar surface area (TPSA) is 61.8 Å². The second-order valence-corrected chi connectivity index (χ2v) is 6.96. The third kappa shape index (κ3) is 4.86. The molecule has 2 amide bonds. The van der Waals surface area contributed by atoms with E-state index in [2.05, 4.69) is 10.3 Å². The first-order valence-corrected chi connectivity index (χ1v) is 8.86. The fourth-order valence-electron chi connectivity index (χ4n) is 2.15. The molecule has 0 spiro atoms. The van der Waals surface area contributed by atoms with E-state index in [1.807, 2.05) is 18.7 Å². The number of thioether (sulfide) groups is 1. The summed E-state index contributed by atoms with van der Waals surface area (Å²) in [7, 11) is 0. The van der Waals surface area contributed by atoms with Gasteiger partial charge in [0.15, 0.2) is 5.17 Å². The highest BCUT2D eigenvalue weighted by Gasteiger charge is 2.32. The minimum absolute atomic E-state index is 0.0574. The van der Waals surface area contributed by atoms with Gasteiger partial charge >= 0.3 is 0 Å². The quantitative estimate of drug-likeness (QED) is 0.855. The SMILES string of the molecule is CCN(CC)C1=NC(=O)[C@H](CC(=O)Nc2cc(Cl)cc(Cl)c2)S1. The summed E-state index contributed by atoms with van der Waals surface area (Å²) in [6, 6.07) is 4.79. The molecule has 0 bridgehead atoms. The molecular weight excluding hydrogens is 357 g/mol. The van der Waals surface area contributed by atoms with Crippen molar-refractivity contribution in [2.75, 3.05) is 18.4 Å². The average molecular weight is 374 g/mol. The van der Waals surface area contributed by atoms with E-state index in [1.54, 1.807) is 18.2 Å². The third-order valence-electron chi connectivity index (χ3n) is 3.28. The highest BCUT2D eigenvalue weighted by atomic mass is 35.5. The van der Waals surface area contributed by atoms with Crippen molar-refractivity contribution in [3.63, 3.8) is 0 Å². The van der Waals surface area contributed by atoms with Gasteiger partial charge in [-0.25, -0.2) is 0 Å². The molecule has 5 nitrogen and oxygen atoms in total. The van der Waals surface area contributed by atoms with Crippen LogP contribution in [0.3, 0.4) is 0 Å². The number of halogens is 2. The van der Waals surface area contributed by atoms with Crippen LogP contribution in [0.2, 0.25) is 10.0 Å². The van der Waals surface area contributed by atoms with Crippen LogP contribution in [0.5, 0.6) is 0 Å². The van der Waals surface area contributed by atoms with Crippen LogP contribution < -0.4 is 5.32 Å². The van der Waals surface area contributed by atoms with Crippen molar-refractivity contribution < 1.29 is 9.59 Å². The molecule has 1 N–H and O–H groups in total. The van der Waals surface area contributed by atoms with Crippen LogP contribution in [0.1, 0.15) is 20.3 Å². The summed E-state index contributed by atoms with van der Waals surface area (Å²) in [5, 5.41) is 3.78. The zero-order valence-electron chi connectivity index (χ0n) is 12.8. The number of anilines is 1. The van der Waals surface area contributed by atoms with Gasteiger partial charge in [-0.1, -0.05) is 35.0 Å². The standard InChI is InChI=1S/C15H17Cl2N3O2S/c1-3-20(4-2)15-19-14(22)12(23-15)8-13(21)18-11-6-9(16)5-10(17)7-11/h5-7,12H,3-4,8H2,1-2H3,(H,18,21)/t12-/m0/s1. The Labute approximate surface area is 149 Å². The van der Waals surface area contributed by atoms with Crippen molar-refractivity contribution in [3.05, 3.63) is 28.2 Å². The number of hydrogen-bond acceptors (Lipinski definition) is 4. The molecule has 1 aliphatic rings. The molecule has 124 valence electrons.